The van der Waals surface area contributed by atoms with Gasteiger partial charge in [0.1, 0.15) is 0 Å². The topological polar surface area (TPSA) is 41.1 Å². The van der Waals surface area contributed by atoms with Crippen LogP contribution in [0.5, 0.6) is 0 Å². The first-order valence-electron chi connectivity index (χ1n) is 5.72. The molecule has 94 valence electrons. The van der Waals surface area contributed by atoms with Crippen molar-refractivity contribution in [1.82, 2.24) is 10.6 Å². The number of alkyl halides is 1. The zero-order chi connectivity index (χ0) is 12.8. The zero-order valence-electron chi connectivity index (χ0n) is 10.5. The van der Waals surface area contributed by atoms with Crippen molar-refractivity contribution >= 4 is 17.6 Å². The van der Waals surface area contributed by atoms with Crippen LogP contribution in [0, 0.1) is 13.8 Å². The van der Waals surface area contributed by atoms with Crippen LogP contribution in [0.15, 0.2) is 18.2 Å². The van der Waals surface area contributed by atoms with E-state index in [4.69, 9.17) is 11.6 Å². The molecule has 1 aromatic carbocycles. The van der Waals surface area contributed by atoms with Gasteiger partial charge in [-0.05, 0) is 31.9 Å². The van der Waals surface area contributed by atoms with Gasteiger partial charge in [-0.3, -0.25) is 0 Å². The number of urea groups is 1. The van der Waals surface area contributed by atoms with Crippen LogP contribution in [-0.2, 0) is 0 Å². The van der Waals surface area contributed by atoms with Crippen molar-refractivity contribution in [1.29, 1.82) is 0 Å². The molecule has 1 rings (SSSR count). The summed E-state index contributed by atoms with van der Waals surface area (Å²) in [7, 11) is 0. The number of amides is 2. The molecular weight excluding hydrogens is 236 g/mol. The second-order valence-electron chi connectivity index (χ2n) is 4.17. The number of rotatable bonds is 4. The van der Waals surface area contributed by atoms with Crippen LogP contribution >= 0.6 is 11.6 Å². The predicted molar refractivity (Wildman–Crippen MR) is 71.6 cm³/mol. The Hall–Kier alpha value is -1.22. The van der Waals surface area contributed by atoms with Gasteiger partial charge in [-0.25, -0.2) is 4.79 Å². The van der Waals surface area contributed by atoms with Gasteiger partial charge in [0.15, 0.2) is 0 Å². The largest absolute Gasteiger partial charge is 0.337 e. The fourth-order valence-electron chi connectivity index (χ4n) is 1.71. The molecule has 0 heterocycles. The maximum Gasteiger partial charge on any atom is 0.315 e. The number of halogens is 1. The van der Waals surface area contributed by atoms with Gasteiger partial charge in [-0.15, -0.1) is 11.6 Å². The van der Waals surface area contributed by atoms with Crippen molar-refractivity contribution in [3.63, 3.8) is 0 Å². The van der Waals surface area contributed by atoms with E-state index in [-0.39, 0.29) is 12.1 Å². The Bertz CT molecular complexity index is 393. The summed E-state index contributed by atoms with van der Waals surface area (Å²) in [5, 5.41) is 5.58. The third-order valence-electron chi connectivity index (χ3n) is 2.63. The number of aryl methyl sites for hydroxylation is 2. The smallest absolute Gasteiger partial charge is 0.315 e. The maximum absolute atomic E-state index is 11.5. The second kappa shape index (κ2) is 6.50. The summed E-state index contributed by atoms with van der Waals surface area (Å²) >= 11 is 5.50. The lowest BCUT2D eigenvalue weighted by molar-refractivity contribution is 0.238. The first-order chi connectivity index (χ1) is 8.04. The van der Waals surface area contributed by atoms with Crippen molar-refractivity contribution in [3.8, 4) is 0 Å². The molecule has 0 aromatic heterocycles. The van der Waals surface area contributed by atoms with E-state index >= 15 is 0 Å². The molecule has 0 aliphatic carbocycles. The van der Waals surface area contributed by atoms with Gasteiger partial charge in [-0.1, -0.05) is 23.8 Å². The molecule has 0 saturated carbocycles. The molecule has 4 heteroatoms. The van der Waals surface area contributed by atoms with Crippen molar-refractivity contribution in [2.45, 2.75) is 26.8 Å². The monoisotopic (exact) mass is 254 g/mol. The van der Waals surface area contributed by atoms with E-state index in [0.717, 1.165) is 5.56 Å². The van der Waals surface area contributed by atoms with E-state index in [0.29, 0.717) is 12.4 Å². The fraction of sp³-hybridized carbons (Fsp3) is 0.462. The molecule has 0 aliphatic heterocycles. The predicted octanol–water partition coefficient (Wildman–Crippen LogP) is 2.90. The summed E-state index contributed by atoms with van der Waals surface area (Å²) in [5.74, 6) is 0.422. The minimum absolute atomic E-state index is 0.00905. The molecular formula is C13H19ClN2O. The molecule has 2 N–H and O–H groups in total. The quantitative estimate of drug-likeness (QED) is 0.797. The second-order valence-corrected chi connectivity index (χ2v) is 4.55. The molecule has 1 atom stereocenters. The summed E-state index contributed by atoms with van der Waals surface area (Å²) in [5.41, 5.74) is 3.52. The third kappa shape index (κ3) is 4.27. The molecule has 0 radical (unpaired) electrons. The van der Waals surface area contributed by atoms with Gasteiger partial charge in [-0.2, -0.15) is 0 Å². The third-order valence-corrected chi connectivity index (χ3v) is 2.82. The Balaban J connectivity index is 2.66. The van der Waals surface area contributed by atoms with E-state index in [9.17, 15) is 4.79 Å². The first kappa shape index (κ1) is 13.8. The Morgan fingerprint density at radius 3 is 2.76 bits per heavy atom. The highest BCUT2D eigenvalue weighted by atomic mass is 35.5. The number of carbonyl (C=O) groups excluding carboxylic acids is 1. The van der Waals surface area contributed by atoms with Crippen LogP contribution in [0.25, 0.3) is 0 Å². The van der Waals surface area contributed by atoms with Crippen molar-refractivity contribution in [3.05, 3.63) is 34.9 Å². The summed E-state index contributed by atoms with van der Waals surface area (Å²) in [6.07, 6.45) is 0. The first-order valence-corrected chi connectivity index (χ1v) is 6.25. The van der Waals surface area contributed by atoms with Gasteiger partial charge < -0.3 is 10.6 Å². The average molecular weight is 255 g/mol. The Kier molecular flexibility index (Phi) is 5.29. The van der Waals surface area contributed by atoms with Gasteiger partial charge in [0.25, 0.3) is 0 Å². The van der Waals surface area contributed by atoms with Gasteiger partial charge in [0, 0.05) is 12.4 Å². The molecule has 0 aliphatic rings. The molecule has 1 unspecified atom stereocenters. The van der Waals surface area contributed by atoms with Crippen LogP contribution in [0.3, 0.4) is 0 Å². The lowest BCUT2D eigenvalue weighted by Gasteiger charge is -2.17. The molecule has 0 fully saturated rings. The highest BCUT2D eigenvalue weighted by Gasteiger charge is 2.11. The van der Waals surface area contributed by atoms with E-state index in [1.165, 1.54) is 11.1 Å². The van der Waals surface area contributed by atoms with Crippen molar-refractivity contribution < 1.29 is 4.79 Å². The van der Waals surface area contributed by atoms with Gasteiger partial charge in [0.05, 0.1) is 6.04 Å². The highest BCUT2D eigenvalue weighted by molar-refractivity contribution is 6.18. The van der Waals surface area contributed by atoms with Crippen LogP contribution in [-0.4, -0.2) is 18.5 Å². The summed E-state index contributed by atoms with van der Waals surface area (Å²) < 4.78 is 0. The van der Waals surface area contributed by atoms with Crippen LogP contribution in [0.4, 0.5) is 4.79 Å². The van der Waals surface area contributed by atoms with Crippen LogP contribution in [0.2, 0.25) is 0 Å². The highest BCUT2D eigenvalue weighted by Crippen LogP contribution is 2.18. The molecule has 0 bridgehead atoms. The van der Waals surface area contributed by atoms with E-state index in [1.54, 1.807) is 0 Å². The van der Waals surface area contributed by atoms with Gasteiger partial charge in [0.2, 0.25) is 0 Å². The molecule has 2 amide bonds. The minimum Gasteiger partial charge on any atom is -0.337 e. The average Bonchev–Trinajstić information content (AvgIpc) is 2.29. The zero-order valence-corrected chi connectivity index (χ0v) is 11.3. The lowest BCUT2D eigenvalue weighted by atomic mass is 10.0. The van der Waals surface area contributed by atoms with Crippen molar-refractivity contribution in [2.24, 2.45) is 0 Å². The molecule has 0 spiro atoms. The summed E-state index contributed by atoms with van der Waals surface area (Å²) in [4.78, 5) is 11.5. The van der Waals surface area contributed by atoms with E-state index in [2.05, 4.69) is 28.8 Å². The van der Waals surface area contributed by atoms with Gasteiger partial charge >= 0.3 is 6.03 Å². The lowest BCUT2D eigenvalue weighted by Crippen LogP contribution is -2.38. The number of carbonyl (C=O) groups is 1. The molecule has 0 saturated heterocycles. The molecule has 3 nitrogen and oxygen atoms in total. The SMILES string of the molecule is Cc1ccc(C)c(C(C)NC(=O)NCCCl)c1. The van der Waals surface area contributed by atoms with E-state index in [1.807, 2.05) is 20.8 Å². The van der Waals surface area contributed by atoms with E-state index < -0.39 is 0 Å². The maximum atomic E-state index is 11.5. The number of hydrogen-bond donors (Lipinski definition) is 2. The Labute approximate surface area is 108 Å². The fourth-order valence-corrected chi connectivity index (χ4v) is 1.81. The number of hydrogen-bond acceptors (Lipinski definition) is 1. The molecule has 17 heavy (non-hydrogen) atoms. The van der Waals surface area contributed by atoms with Crippen LogP contribution in [0.1, 0.15) is 29.7 Å². The minimum atomic E-state index is -0.181. The molecule has 1 aromatic rings. The van der Waals surface area contributed by atoms with Crippen molar-refractivity contribution in [2.75, 3.05) is 12.4 Å². The summed E-state index contributed by atoms with van der Waals surface area (Å²) in [6.45, 7) is 6.54. The Morgan fingerprint density at radius 2 is 2.12 bits per heavy atom. The van der Waals surface area contributed by atoms with Crippen LogP contribution < -0.4 is 10.6 Å². The Morgan fingerprint density at radius 1 is 1.41 bits per heavy atom. The standard InChI is InChI=1S/C13H19ClN2O/c1-9-4-5-10(2)12(8-9)11(3)16-13(17)15-7-6-14/h4-5,8,11H,6-7H2,1-3H3,(H2,15,16,17). The number of nitrogens with one attached hydrogen (secondary N) is 2. The normalized spacial score (nSPS) is 12.0. The summed E-state index contributed by atoms with van der Waals surface area (Å²) in [6, 6.07) is 6.05. The number of benzene rings is 1.